The monoisotopic (exact) mass is 412 g/mol. The Morgan fingerprint density at radius 1 is 1.04 bits per heavy atom. The Hall–Kier alpha value is -2.08. The zero-order valence-electron chi connectivity index (χ0n) is 14.5. The second-order valence-electron chi connectivity index (χ2n) is 6.09. The van der Waals surface area contributed by atoms with Gasteiger partial charge in [-0.1, -0.05) is 65.8 Å². The van der Waals surface area contributed by atoms with Gasteiger partial charge in [0.2, 0.25) is 0 Å². The quantitative estimate of drug-likeness (QED) is 0.277. The number of ketones is 1. The number of imidazole rings is 1. The third-order valence-electron chi connectivity index (χ3n) is 4.27. The van der Waals surface area contributed by atoms with E-state index < -0.39 is 0 Å². The van der Waals surface area contributed by atoms with E-state index in [0.717, 1.165) is 29.2 Å². The average molecular weight is 413 g/mol. The van der Waals surface area contributed by atoms with Crippen LogP contribution in [0.25, 0.3) is 11.0 Å². The van der Waals surface area contributed by atoms with Gasteiger partial charge >= 0.3 is 0 Å². The summed E-state index contributed by atoms with van der Waals surface area (Å²) in [5.74, 6) is 0.435. The largest absolute Gasteiger partial charge is 0.319 e. The van der Waals surface area contributed by atoms with E-state index in [1.165, 1.54) is 28.7 Å². The number of carbonyl (C=O) groups is 1. The summed E-state index contributed by atoms with van der Waals surface area (Å²) < 4.78 is 2.85. The number of nitrogens with zero attached hydrogens (tertiary/aromatic N) is 2. The lowest BCUT2D eigenvalue weighted by atomic mass is 10.1. The summed E-state index contributed by atoms with van der Waals surface area (Å²) >= 11 is 8.75. The molecule has 2 heterocycles. The van der Waals surface area contributed by atoms with Gasteiger partial charge in [-0.25, -0.2) is 4.98 Å². The predicted octanol–water partition coefficient (Wildman–Crippen LogP) is 5.97. The van der Waals surface area contributed by atoms with Crippen LogP contribution in [-0.2, 0) is 13.0 Å². The molecular formula is C21H17ClN2OS2. The fraction of sp³-hybridized carbons (Fsp3) is 0.143. The molecule has 0 saturated carbocycles. The van der Waals surface area contributed by atoms with Crippen molar-refractivity contribution in [2.45, 2.75) is 18.1 Å². The minimum Gasteiger partial charge on any atom is -0.319 e. The second kappa shape index (κ2) is 8.30. The number of benzene rings is 2. The van der Waals surface area contributed by atoms with Crippen LogP contribution in [0, 0.1) is 0 Å². The Labute approximate surface area is 171 Å². The van der Waals surface area contributed by atoms with Crippen LogP contribution in [0.5, 0.6) is 0 Å². The smallest absolute Gasteiger partial charge is 0.183 e. The highest BCUT2D eigenvalue weighted by Crippen LogP contribution is 2.27. The minimum atomic E-state index is 0.0820. The summed E-state index contributed by atoms with van der Waals surface area (Å²) in [5.41, 5.74) is 3.35. The van der Waals surface area contributed by atoms with Crippen molar-refractivity contribution in [3.8, 4) is 0 Å². The van der Waals surface area contributed by atoms with Crippen molar-refractivity contribution in [2.24, 2.45) is 0 Å². The summed E-state index contributed by atoms with van der Waals surface area (Å²) in [5, 5.41) is 0.878. The highest BCUT2D eigenvalue weighted by Gasteiger charge is 2.15. The van der Waals surface area contributed by atoms with Crippen LogP contribution in [0.2, 0.25) is 4.34 Å². The van der Waals surface area contributed by atoms with E-state index in [4.69, 9.17) is 16.6 Å². The van der Waals surface area contributed by atoms with E-state index in [-0.39, 0.29) is 5.78 Å². The molecule has 2 aromatic heterocycles. The molecule has 4 aromatic rings. The van der Waals surface area contributed by atoms with Gasteiger partial charge in [0.25, 0.3) is 0 Å². The van der Waals surface area contributed by atoms with Crippen LogP contribution in [0.15, 0.2) is 71.9 Å². The Balaban J connectivity index is 1.55. The van der Waals surface area contributed by atoms with Crippen LogP contribution >= 0.6 is 34.7 Å². The third-order valence-corrected chi connectivity index (χ3v) is 6.52. The van der Waals surface area contributed by atoms with E-state index in [0.29, 0.717) is 15.0 Å². The topological polar surface area (TPSA) is 34.9 Å². The zero-order valence-corrected chi connectivity index (χ0v) is 16.9. The maximum atomic E-state index is 12.4. The van der Waals surface area contributed by atoms with Gasteiger partial charge < -0.3 is 4.57 Å². The maximum Gasteiger partial charge on any atom is 0.183 e. The number of fused-ring (bicyclic) bond motifs is 1. The number of aromatic nitrogens is 2. The highest BCUT2D eigenvalue weighted by molar-refractivity contribution is 7.99. The molecule has 4 rings (SSSR count). The lowest BCUT2D eigenvalue weighted by molar-refractivity contribution is 0.102. The first-order chi connectivity index (χ1) is 13.2. The number of hydrogen-bond acceptors (Lipinski definition) is 4. The number of halogens is 1. The zero-order chi connectivity index (χ0) is 18.6. The number of thioether (sulfide) groups is 1. The van der Waals surface area contributed by atoms with Crippen LogP contribution < -0.4 is 0 Å². The first kappa shape index (κ1) is 18.3. The number of thiophene rings is 1. The molecule has 0 aliphatic rings. The summed E-state index contributed by atoms with van der Waals surface area (Å²) in [7, 11) is 0. The van der Waals surface area contributed by atoms with Gasteiger partial charge in [0.15, 0.2) is 10.9 Å². The Morgan fingerprint density at radius 2 is 1.81 bits per heavy atom. The molecule has 136 valence electrons. The van der Waals surface area contributed by atoms with Crippen LogP contribution in [0.4, 0.5) is 0 Å². The molecule has 0 bridgehead atoms. The van der Waals surface area contributed by atoms with Crippen molar-refractivity contribution < 1.29 is 4.79 Å². The summed E-state index contributed by atoms with van der Waals surface area (Å²) in [4.78, 5) is 17.9. The molecule has 0 unspecified atom stereocenters. The van der Waals surface area contributed by atoms with Gasteiger partial charge in [-0.15, -0.1) is 11.3 Å². The SMILES string of the molecule is O=C(CSc1nc2ccccc2n1CCc1ccccc1)c1ccc(Cl)s1. The fourth-order valence-electron chi connectivity index (χ4n) is 2.93. The summed E-state index contributed by atoms with van der Waals surface area (Å²) in [6, 6.07) is 22.1. The van der Waals surface area contributed by atoms with Crippen molar-refractivity contribution in [1.82, 2.24) is 9.55 Å². The number of carbonyl (C=O) groups excluding carboxylic acids is 1. The second-order valence-corrected chi connectivity index (χ2v) is 8.74. The molecule has 0 aliphatic heterocycles. The van der Waals surface area contributed by atoms with Gasteiger partial charge in [-0.05, 0) is 36.2 Å². The Bertz CT molecular complexity index is 1070. The molecule has 2 aromatic carbocycles. The van der Waals surface area contributed by atoms with E-state index in [2.05, 4.69) is 34.9 Å². The molecule has 3 nitrogen and oxygen atoms in total. The Morgan fingerprint density at radius 3 is 2.59 bits per heavy atom. The molecule has 27 heavy (non-hydrogen) atoms. The number of hydrogen-bond donors (Lipinski definition) is 0. The van der Waals surface area contributed by atoms with E-state index in [1.54, 1.807) is 12.1 Å². The number of para-hydroxylation sites is 2. The van der Waals surface area contributed by atoms with Crippen molar-refractivity contribution in [1.29, 1.82) is 0 Å². The molecule has 0 spiro atoms. The highest BCUT2D eigenvalue weighted by atomic mass is 35.5. The number of rotatable bonds is 7. The van der Waals surface area contributed by atoms with Gasteiger partial charge in [0.05, 0.1) is 26.0 Å². The standard InChI is InChI=1S/C21H17ClN2OS2/c22-20-11-10-19(27-20)18(25)14-26-21-23-16-8-4-5-9-17(16)24(21)13-12-15-6-2-1-3-7-15/h1-11H,12-14H2. The summed E-state index contributed by atoms with van der Waals surface area (Å²) in [6.45, 7) is 0.825. The lowest BCUT2D eigenvalue weighted by Crippen LogP contribution is -2.05. The Kier molecular flexibility index (Phi) is 5.62. The summed E-state index contributed by atoms with van der Waals surface area (Å²) in [6.07, 6.45) is 0.920. The molecule has 0 amide bonds. The molecule has 0 N–H and O–H groups in total. The van der Waals surface area contributed by atoms with E-state index in [9.17, 15) is 4.79 Å². The van der Waals surface area contributed by atoms with Gasteiger partial charge in [-0.2, -0.15) is 0 Å². The van der Waals surface area contributed by atoms with E-state index in [1.807, 2.05) is 24.3 Å². The predicted molar refractivity (Wildman–Crippen MR) is 114 cm³/mol. The lowest BCUT2D eigenvalue weighted by Gasteiger charge is -2.09. The van der Waals surface area contributed by atoms with Crippen LogP contribution in [0.3, 0.4) is 0 Å². The van der Waals surface area contributed by atoms with Gasteiger partial charge in [0, 0.05) is 6.54 Å². The van der Waals surface area contributed by atoms with Gasteiger partial charge in [0.1, 0.15) is 0 Å². The molecule has 0 aliphatic carbocycles. The fourth-order valence-corrected chi connectivity index (χ4v) is 4.93. The van der Waals surface area contributed by atoms with Crippen LogP contribution in [0.1, 0.15) is 15.2 Å². The molecule has 0 radical (unpaired) electrons. The van der Waals surface area contributed by atoms with Gasteiger partial charge in [-0.3, -0.25) is 4.79 Å². The maximum absolute atomic E-state index is 12.4. The van der Waals surface area contributed by atoms with Crippen molar-refractivity contribution in [2.75, 3.05) is 5.75 Å². The molecule has 0 saturated heterocycles. The third kappa shape index (κ3) is 4.26. The van der Waals surface area contributed by atoms with Crippen LogP contribution in [-0.4, -0.2) is 21.1 Å². The molecule has 0 fully saturated rings. The molecule has 0 atom stereocenters. The van der Waals surface area contributed by atoms with Crippen molar-refractivity contribution in [3.63, 3.8) is 0 Å². The first-order valence-corrected chi connectivity index (χ1v) is 10.8. The normalized spacial score (nSPS) is 11.1. The number of Topliss-reactive ketones (excluding diaryl/α,β-unsaturated/α-hetero) is 1. The molecular weight excluding hydrogens is 396 g/mol. The average Bonchev–Trinajstić information content (AvgIpc) is 3.28. The first-order valence-electron chi connectivity index (χ1n) is 8.61. The van der Waals surface area contributed by atoms with E-state index >= 15 is 0 Å². The number of aryl methyl sites for hydroxylation is 2. The minimum absolute atomic E-state index is 0.0820. The van der Waals surface area contributed by atoms with Crippen molar-refractivity contribution >= 4 is 51.5 Å². The molecule has 6 heteroatoms. The van der Waals surface area contributed by atoms with Crippen molar-refractivity contribution in [3.05, 3.63) is 81.5 Å².